The van der Waals surface area contributed by atoms with E-state index in [1.165, 1.54) is 13.2 Å². The molecule has 2 aromatic carbocycles. The number of sulfonamides is 1. The van der Waals surface area contributed by atoms with Gasteiger partial charge in [0.2, 0.25) is 0 Å². The van der Waals surface area contributed by atoms with E-state index in [9.17, 15) is 28.4 Å². The number of aromatic carboxylic acids is 1. The molecule has 0 saturated carbocycles. The van der Waals surface area contributed by atoms with E-state index < -0.39 is 31.4 Å². The predicted molar refractivity (Wildman–Crippen MR) is 86.2 cm³/mol. The number of halogens is 1. The van der Waals surface area contributed by atoms with Crippen LogP contribution in [0.4, 0.5) is 11.4 Å². The number of carboxylic acid groups (broad SMARTS) is 1. The van der Waals surface area contributed by atoms with Crippen molar-refractivity contribution in [1.29, 1.82) is 0 Å². The average molecular weight is 386 g/mol. The molecular formula is C14H10ClN2O7S-. The van der Waals surface area contributed by atoms with Crippen molar-refractivity contribution in [2.45, 2.75) is 4.90 Å². The summed E-state index contributed by atoms with van der Waals surface area (Å²) in [4.78, 5) is 20.7. The van der Waals surface area contributed by atoms with Crippen molar-refractivity contribution in [1.82, 2.24) is 0 Å². The van der Waals surface area contributed by atoms with Crippen LogP contribution in [0.25, 0.3) is 0 Å². The maximum atomic E-state index is 12.4. The number of rotatable bonds is 6. The first kappa shape index (κ1) is 18.5. The van der Waals surface area contributed by atoms with Crippen molar-refractivity contribution in [3.63, 3.8) is 0 Å². The van der Waals surface area contributed by atoms with Gasteiger partial charge in [-0.2, -0.15) is 0 Å². The quantitative estimate of drug-likeness (QED) is 0.585. The lowest BCUT2D eigenvalue weighted by Gasteiger charge is -2.13. The van der Waals surface area contributed by atoms with Crippen LogP contribution >= 0.6 is 11.6 Å². The Balaban J connectivity index is 2.49. The highest BCUT2D eigenvalue weighted by Gasteiger charge is 2.20. The molecule has 0 bridgehead atoms. The molecule has 0 atom stereocenters. The highest BCUT2D eigenvalue weighted by Crippen LogP contribution is 2.31. The van der Waals surface area contributed by atoms with Crippen LogP contribution in [0.1, 0.15) is 10.4 Å². The number of carbonyl (C=O) groups is 1. The molecule has 0 aliphatic carbocycles. The molecule has 0 spiro atoms. The van der Waals surface area contributed by atoms with Crippen molar-refractivity contribution < 1.29 is 28.0 Å². The molecule has 25 heavy (non-hydrogen) atoms. The van der Waals surface area contributed by atoms with Gasteiger partial charge in [0.1, 0.15) is 5.75 Å². The van der Waals surface area contributed by atoms with Crippen LogP contribution in [0.15, 0.2) is 41.3 Å². The number of anilines is 1. The second-order valence-corrected chi connectivity index (χ2v) is 6.77. The minimum absolute atomic E-state index is 0.0447. The summed E-state index contributed by atoms with van der Waals surface area (Å²) in [6.07, 6.45) is 0. The fourth-order valence-corrected chi connectivity index (χ4v) is 3.20. The van der Waals surface area contributed by atoms with Gasteiger partial charge in [-0.1, -0.05) is 11.6 Å². The van der Waals surface area contributed by atoms with Gasteiger partial charge in [-0.05, 0) is 24.3 Å². The predicted octanol–water partition coefficient (Wildman–Crippen LogP) is 1.42. The molecular weight excluding hydrogens is 376 g/mol. The zero-order chi connectivity index (χ0) is 18.8. The van der Waals surface area contributed by atoms with E-state index in [2.05, 4.69) is 4.72 Å². The maximum Gasteiger partial charge on any atom is 0.271 e. The third kappa shape index (κ3) is 3.98. The van der Waals surface area contributed by atoms with Gasteiger partial charge < -0.3 is 14.6 Å². The molecule has 9 nitrogen and oxygen atoms in total. The number of hydrogen-bond acceptors (Lipinski definition) is 7. The number of hydrogen-bond donors (Lipinski definition) is 1. The molecule has 1 N–H and O–H groups in total. The molecule has 11 heteroatoms. The standard InChI is InChI=1S/C14H11ClN2O7S/c1-24-13-5-2-8(17(20)21)6-12(13)16-25(22,23)9-3-4-11(15)10(7-9)14(18)19/h2-7,16H,1H3,(H,18,19)/p-1. The lowest BCUT2D eigenvalue weighted by atomic mass is 10.2. The maximum absolute atomic E-state index is 12.4. The number of methoxy groups -OCH3 is 1. The minimum Gasteiger partial charge on any atom is -0.545 e. The number of benzene rings is 2. The molecule has 0 radical (unpaired) electrons. The first-order valence-electron chi connectivity index (χ1n) is 6.52. The van der Waals surface area contributed by atoms with E-state index in [-0.39, 0.29) is 22.1 Å². The summed E-state index contributed by atoms with van der Waals surface area (Å²) in [6, 6.07) is 6.35. The van der Waals surface area contributed by atoms with Gasteiger partial charge in [-0.25, -0.2) is 8.42 Å². The topological polar surface area (TPSA) is 139 Å². The SMILES string of the molecule is COc1ccc([N+](=O)[O-])cc1NS(=O)(=O)c1ccc(Cl)c(C(=O)[O-])c1. The van der Waals surface area contributed by atoms with Crippen LogP contribution < -0.4 is 14.6 Å². The third-order valence-electron chi connectivity index (χ3n) is 3.11. The lowest BCUT2D eigenvalue weighted by Crippen LogP contribution is -2.23. The van der Waals surface area contributed by atoms with Crippen molar-refractivity contribution >= 4 is 39.0 Å². The number of nitrogens with one attached hydrogen (secondary N) is 1. The normalized spacial score (nSPS) is 11.0. The number of nitro groups is 1. The highest BCUT2D eigenvalue weighted by molar-refractivity contribution is 7.92. The van der Waals surface area contributed by atoms with E-state index in [4.69, 9.17) is 16.3 Å². The Morgan fingerprint density at radius 2 is 1.92 bits per heavy atom. The molecule has 0 aromatic heterocycles. The zero-order valence-corrected chi connectivity index (χ0v) is 14.1. The Morgan fingerprint density at radius 3 is 2.48 bits per heavy atom. The van der Waals surface area contributed by atoms with Crippen LogP contribution in [0.3, 0.4) is 0 Å². The number of carboxylic acids is 1. The number of non-ortho nitro benzene ring substituents is 1. The van der Waals surface area contributed by atoms with Gasteiger partial charge in [0.25, 0.3) is 15.7 Å². The minimum atomic E-state index is -4.26. The zero-order valence-electron chi connectivity index (χ0n) is 12.6. The summed E-state index contributed by atoms with van der Waals surface area (Å²) < 4.78 is 32.0. The van der Waals surface area contributed by atoms with Crippen LogP contribution in [0, 0.1) is 10.1 Å². The van der Waals surface area contributed by atoms with E-state index in [0.29, 0.717) is 0 Å². The summed E-state index contributed by atoms with van der Waals surface area (Å²) in [7, 11) is -3.00. The van der Waals surface area contributed by atoms with E-state index in [0.717, 1.165) is 30.3 Å². The van der Waals surface area contributed by atoms with Gasteiger partial charge in [0.15, 0.2) is 0 Å². The summed E-state index contributed by atoms with van der Waals surface area (Å²) in [6.45, 7) is 0. The van der Waals surface area contributed by atoms with E-state index in [1.807, 2.05) is 0 Å². The number of nitrogens with zero attached hydrogens (tertiary/aromatic N) is 1. The summed E-state index contributed by atoms with van der Waals surface area (Å²) >= 11 is 5.67. The van der Waals surface area contributed by atoms with Crippen molar-refractivity contribution in [3.8, 4) is 5.75 Å². The molecule has 2 aromatic rings. The number of ether oxygens (including phenoxy) is 1. The largest absolute Gasteiger partial charge is 0.545 e. The van der Waals surface area contributed by atoms with Gasteiger partial charge >= 0.3 is 0 Å². The van der Waals surface area contributed by atoms with Crippen molar-refractivity contribution in [2.24, 2.45) is 0 Å². The number of nitro benzene ring substituents is 1. The summed E-state index contributed by atoms with van der Waals surface area (Å²) in [5.74, 6) is -1.60. The second kappa shape index (κ2) is 6.95. The van der Waals surface area contributed by atoms with Crippen molar-refractivity contribution in [3.05, 3.63) is 57.1 Å². The fraction of sp³-hybridized carbons (Fsp3) is 0.0714. The molecule has 2 rings (SSSR count). The number of carbonyl (C=O) groups excluding carboxylic acids is 1. The highest BCUT2D eigenvalue weighted by atomic mass is 35.5. The lowest BCUT2D eigenvalue weighted by molar-refractivity contribution is -0.384. The van der Waals surface area contributed by atoms with Crippen LogP contribution in [0.2, 0.25) is 5.02 Å². The van der Waals surface area contributed by atoms with Crippen molar-refractivity contribution in [2.75, 3.05) is 11.8 Å². The van der Waals surface area contributed by atoms with Gasteiger partial charge in [-0.15, -0.1) is 0 Å². The summed E-state index contributed by atoms with van der Waals surface area (Å²) in [5.41, 5.74) is -1.04. The molecule has 0 heterocycles. The molecule has 0 unspecified atom stereocenters. The monoisotopic (exact) mass is 385 g/mol. The van der Waals surface area contributed by atoms with Gasteiger partial charge in [0.05, 0.1) is 28.6 Å². The van der Waals surface area contributed by atoms with Crippen LogP contribution in [-0.4, -0.2) is 26.4 Å². The smallest absolute Gasteiger partial charge is 0.271 e. The van der Waals surface area contributed by atoms with E-state index in [1.54, 1.807) is 0 Å². The molecule has 0 fully saturated rings. The Labute approximate surface area is 147 Å². The van der Waals surface area contributed by atoms with Gasteiger partial charge in [0, 0.05) is 22.7 Å². The first-order chi connectivity index (χ1) is 11.7. The third-order valence-corrected chi connectivity index (χ3v) is 4.80. The van der Waals surface area contributed by atoms with Crippen LogP contribution in [-0.2, 0) is 10.0 Å². The second-order valence-electron chi connectivity index (χ2n) is 4.68. The molecule has 0 aliphatic rings. The first-order valence-corrected chi connectivity index (χ1v) is 8.38. The Hall–Kier alpha value is -2.85. The molecule has 0 amide bonds. The van der Waals surface area contributed by atoms with E-state index >= 15 is 0 Å². The van der Waals surface area contributed by atoms with Gasteiger partial charge in [-0.3, -0.25) is 14.8 Å². The molecule has 0 aliphatic heterocycles. The average Bonchev–Trinajstić information content (AvgIpc) is 2.54. The molecule has 132 valence electrons. The molecule has 0 saturated heterocycles. The Morgan fingerprint density at radius 1 is 1.24 bits per heavy atom. The Kier molecular flexibility index (Phi) is 5.14. The summed E-state index contributed by atoms with van der Waals surface area (Å²) in [5, 5.41) is 21.6. The van der Waals surface area contributed by atoms with Crippen LogP contribution in [0.5, 0.6) is 5.75 Å². The fourth-order valence-electron chi connectivity index (χ4n) is 1.92. The Bertz CT molecular complexity index is 960.